The molecule has 2 unspecified atom stereocenters. The maximum Gasteiger partial charge on any atom is 0.123 e. The van der Waals surface area contributed by atoms with Crippen LogP contribution >= 0.6 is 0 Å². The maximum absolute atomic E-state index is 13.2. The average Bonchev–Trinajstić information content (AvgIpc) is 2.73. The molecule has 0 heterocycles. The number of benzene rings is 1. The fourth-order valence-corrected chi connectivity index (χ4v) is 2.64. The Morgan fingerprint density at radius 1 is 1.31 bits per heavy atom. The minimum atomic E-state index is -0.449. The van der Waals surface area contributed by atoms with Crippen molar-refractivity contribution in [2.45, 2.75) is 40.2 Å². The number of halogens is 1. The first-order valence-electron chi connectivity index (χ1n) is 5.77. The highest BCUT2D eigenvalue weighted by atomic mass is 19.1. The predicted octanol–water partition coefficient (Wildman–Crippen LogP) is 3.52. The van der Waals surface area contributed by atoms with Crippen molar-refractivity contribution in [1.29, 1.82) is 0 Å². The highest BCUT2D eigenvalue weighted by molar-refractivity contribution is 5.37. The molecule has 16 heavy (non-hydrogen) atoms. The molecule has 0 bridgehead atoms. The van der Waals surface area contributed by atoms with Gasteiger partial charge in [0.15, 0.2) is 0 Å². The Hall–Kier alpha value is -0.890. The van der Waals surface area contributed by atoms with Gasteiger partial charge in [-0.05, 0) is 60.4 Å². The van der Waals surface area contributed by atoms with Crippen LogP contribution in [0.15, 0.2) is 12.1 Å². The molecule has 2 rings (SSSR count). The first-order chi connectivity index (χ1) is 7.33. The third kappa shape index (κ3) is 1.86. The van der Waals surface area contributed by atoms with E-state index >= 15 is 0 Å². The molecule has 1 saturated carbocycles. The third-order valence-electron chi connectivity index (χ3n) is 3.83. The SMILES string of the molecule is Cc1cc(F)cc(C)c1C(O)C1CC1(C)C. The number of aliphatic hydroxyl groups excluding tert-OH is 1. The lowest BCUT2D eigenvalue weighted by molar-refractivity contribution is 0.137. The molecule has 0 spiro atoms. The first-order valence-corrected chi connectivity index (χ1v) is 5.77. The highest BCUT2D eigenvalue weighted by Crippen LogP contribution is 2.58. The van der Waals surface area contributed by atoms with Crippen LogP contribution in [0.4, 0.5) is 4.39 Å². The third-order valence-corrected chi connectivity index (χ3v) is 3.83. The van der Waals surface area contributed by atoms with Gasteiger partial charge in [-0.25, -0.2) is 4.39 Å². The summed E-state index contributed by atoms with van der Waals surface area (Å²) in [5, 5.41) is 10.3. The lowest BCUT2D eigenvalue weighted by atomic mass is 9.92. The number of hydrogen-bond acceptors (Lipinski definition) is 1. The van der Waals surface area contributed by atoms with Crippen molar-refractivity contribution in [3.8, 4) is 0 Å². The number of aliphatic hydroxyl groups is 1. The lowest BCUT2D eigenvalue weighted by Gasteiger charge is -2.18. The molecule has 0 amide bonds. The van der Waals surface area contributed by atoms with E-state index in [1.165, 1.54) is 12.1 Å². The minimum absolute atomic E-state index is 0.221. The summed E-state index contributed by atoms with van der Waals surface area (Å²) in [5.41, 5.74) is 2.85. The summed E-state index contributed by atoms with van der Waals surface area (Å²) in [5.74, 6) is 0.0939. The molecule has 1 aliphatic rings. The summed E-state index contributed by atoms with van der Waals surface area (Å²) in [6.45, 7) is 8.05. The van der Waals surface area contributed by atoms with E-state index in [1.807, 2.05) is 13.8 Å². The Morgan fingerprint density at radius 2 is 1.75 bits per heavy atom. The van der Waals surface area contributed by atoms with Crippen molar-refractivity contribution < 1.29 is 9.50 Å². The second-order valence-corrected chi connectivity index (χ2v) is 5.70. The van der Waals surface area contributed by atoms with E-state index in [1.54, 1.807) is 0 Å². The first kappa shape index (κ1) is 11.6. The molecular weight excluding hydrogens is 203 g/mol. The fraction of sp³-hybridized carbons (Fsp3) is 0.571. The van der Waals surface area contributed by atoms with Gasteiger partial charge in [-0.3, -0.25) is 0 Å². The van der Waals surface area contributed by atoms with E-state index in [4.69, 9.17) is 0 Å². The minimum Gasteiger partial charge on any atom is -0.388 e. The normalized spacial score (nSPS) is 24.2. The van der Waals surface area contributed by atoms with Gasteiger partial charge < -0.3 is 5.11 Å². The molecule has 1 fully saturated rings. The van der Waals surface area contributed by atoms with Crippen LogP contribution in [0.1, 0.15) is 43.1 Å². The Balaban J connectivity index is 2.34. The van der Waals surface area contributed by atoms with Crippen LogP contribution in [-0.4, -0.2) is 5.11 Å². The fourth-order valence-electron chi connectivity index (χ4n) is 2.64. The van der Waals surface area contributed by atoms with Crippen LogP contribution in [-0.2, 0) is 0 Å². The van der Waals surface area contributed by atoms with Crippen molar-refractivity contribution >= 4 is 0 Å². The topological polar surface area (TPSA) is 20.2 Å². The van der Waals surface area contributed by atoms with Crippen molar-refractivity contribution in [3.05, 3.63) is 34.6 Å². The van der Waals surface area contributed by atoms with E-state index in [2.05, 4.69) is 13.8 Å². The zero-order valence-electron chi connectivity index (χ0n) is 10.3. The molecule has 2 heteroatoms. The van der Waals surface area contributed by atoms with Crippen LogP contribution in [0.25, 0.3) is 0 Å². The van der Waals surface area contributed by atoms with E-state index in [-0.39, 0.29) is 11.2 Å². The molecule has 88 valence electrons. The molecule has 1 aromatic rings. The summed E-state index contributed by atoms with van der Waals surface area (Å²) in [6, 6.07) is 3.00. The Kier molecular flexibility index (Phi) is 2.58. The predicted molar refractivity (Wildman–Crippen MR) is 62.7 cm³/mol. The van der Waals surface area contributed by atoms with Gasteiger partial charge in [0.1, 0.15) is 5.82 Å². The largest absolute Gasteiger partial charge is 0.388 e. The molecule has 1 N–H and O–H groups in total. The molecule has 1 aliphatic carbocycles. The van der Waals surface area contributed by atoms with Crippen LogP contribution in [0.5, 0.6) is 0 Å². The van der Waals surface area contributed by atoms with Gasteiger partial charge in [0.05, 0.1) is 6.10 Å². The van der Waals surface area contributed by atoms with Crippen molar-refractivity contribution in [2.75, 3.05) is 0 Å². The van der Waals surface area contributed by atoms with Crippen LogP contribution in [0.3, 0.4) is 0 Å². The molecule has 1 nitrogen and oxygen atoms in total. The molecule has 0 aromatic heterocycles. The smallest absolute Gasteiger partial charge is 0.123 e. The van der Waals surface area contributed by atoms with Crippen molar-refractivity contribution in [3.63, 3.8) is 0 Å². The second-order valence-electron chi connectivity index (χ2n) is 5.70. The van der Waals surface area contributed by atoms with Crippen molar-refractivity contribution in [2.24, 2.45) is 11.3 Å². The average molecular weight is 222 g/mol. The molecule has 0 saturated heterocycles. The van der Waals surface area contributed by atoms with E-state index < -0.39 is 6.10 Å². The zero-order chi connectivity index (χ0) is 12.1. The van der Waals surface area contributed by atoms with Crippen molar-refractivity contribution in [1.82, 2.24) is 0 Å². The molecule has 0 aliphatic heterocycles. The standard InChI is InChI=1S/C14H19FO/c1-8-5-10(15)6-9(2)12(8)13(16)11-7-14(11,3)4/h5-6,11,13,16H,7H2,1-4H3. The summed E-state index contributed by atoms with van der Waals surface area (Å²) < 4.78 is 13.2. The summed E-state index contributed by atoms with van der Waals surface area (Å²) in [4.78, 5) is 0. The van der Waals surface area contributed by atoms with Gasteiger partial charge in [0.25, 0.3) is 0 Å². The van der Waals surface area contributed by atoms with Gasteiger partial charge in [-0.1, -0.05) is 13.8 Å². The quantitative estimate of drug-likeness (QED) is 0.811. The molecule has 2 atom stereocenters. The molecule has 0 radical (unpaired) electrons. The monoisotopic (exact) mass is 222 g/mol. The van der Waals surface area contributed by atoms with Crippen LogP contribution in [0, 0.1) is 31.0 Å². The van der Waals surface area contributed by atoms with Crippen LogP contribution in [0.2, 0.25) is 0 Å². The Morgan fingerprint density at radius 3 is 2.12 bits per heavy atom. The zero-order valence-corrected chi connectivity index (χ0v) is 10.3. The molecular formula is C14H19FO. The summed E-state index contributed by atoms with van der Waals surface area (Å²) in [7, 11) is 0. The Labute approximate surface area is 96.3 Å². The number of rotatable bonds is 2. The van der Waals surface area contributed by atoms with Crippen LogP contribution < -0.4 is 0 Å². The van der Waals surface area contributed by atoms with Gasteiger partial charge in [-0.15, -0.1) is 0 Å². The van der Waals surface area contributed by atoms with E-state index in [0.717, 1.165) is 23.1 Å². The van der Waals surface area contributed by atoms with Gasteiger partial charge in [0, 0.05) is 0 Å². The Bertz CT molecular complexity index is 400. The maximum atomic E-state index is 13.2. The summed E-state index contributed by atoms with van der Waals surface area (Å²) >= 11 is 0. The summed E-state index contributed by atoms with van der Waals surface area (Å²) in [6.07, 6.45) is 0.598. The number of aryl methyl sites for hydroxylation is 2. The van der Waals surface area contributed by atoms with Gasteiger partial charge in [-0.2, -0.15) is 0 Å². The van der Waals surface area contributed by atoms with E-state index in [9.17, 15) is 9.50 Å². The molecule has 1 aromatic carbocycles. The van der Waals surface area contributed by atoms with Gasteiger partial charge in [0.2, 0.25) is 0 Å². The highest BCUT2D eigenvalue weighted by Gasteiger charge is 2.50. The second kappa shape index (κ2) is 3.56. The van der Waals surface area contributed by atoms with Gasteiger partial charge >= 0.3 is 0 Å². The van der Waals surface area contributed by atoms with E-state index in [0.29, 0.717) is 5.92 Å². The lowest BCUT2D eigenvalue weighted by Crippen LogP contribution is -2.08. The number of hydrogen-bond donors (Lipinski definition) is 1.